The Morgan fingerprint density at radius 2 is 2.35 bits per heavy atom. The number of hydrogen-bond acceptors (Lipinski definition) is 3. The molecule has 1 aliphatic heterocycles. The van der Waals surface area contributed by atoms with Crippen molar-refractivity contribution in [2.24, 2.45) is 5.73 Å². The van der Waals surface area contributed by atoms with Gasteiger partial charge in [0.15, 0.2) is 0 Å². The van der Waals surface area contributed by atoms with Crippen molar-refractivity contribution < 1.29 is 13.9 Å². The Bertz CT molecular complexity index is 442. The van der Waals surface area contributed by atoms with Crippen molar-refractivity contribution in [2.75, 3.05) is 18.5 Å². The molecule has 1 amide bonds. The van der Waals surface area contributed by atoms with Gasteiger partial charge in [-0.15, -0.1) is 0 Å². The Morgan fingerprint density at radius 3 is 3.00 bits per heavy atom. The first-order chi connectivity index (χ1) is 8.01. The van der Waals surface area contributed by atoms with Crippen molar-refractivity contribution in [1.29, 1.82) is 0 Å². The monoisotopic (exact) mass is 238 g/mol. The summed E-state index contributed by atoms with van der Waals surface area (Å²) >= 11 is 0. The van der Waals surface area contributed by atoms with Gasteiger partial charge in [-0.3, -0.25) is 4.79 Å². The number of hydrogen-bond donors (Lipinski definition) is 2. The molecular formula is C12H15FN2O2. The second kappa shape index (κ2) is 4.43. The van der Waals surface area contributed by atoms with Crippen LogP contribution in [0, 0.1) is 12.7 Å². The van der Waals surface area contributed by atoms with E-state index in [2.05, 4.69) is 5.32 Å². The summed E-state index contributed by atoms with van der Waals surface area (Å²) in [6.07, 6.45) is 0.479. The molecule has 3 N–H and O–H groups in total. The number of rotatable bonds is 2. The molecule has 1 aromatic rings. The van der Waals surface area contributed by atoms with Crippen molar-refractivity contribution in [3.63, 3.8) is 0 Å². The van der Waals surface area contributed by atoms with Crippen LogP contribution >= 0.6 is 0 Å². The third-order valence-corrected chi connectivity index (χ3v) is 2.95. The maximum Gasteiger partial charge on any atom is 0.246 e. The van der Waals surface area contributed by atoms with Gasteiger partial charge in [-0.05, 0) is 31.0 Å². The highest BCUT2D eigenvalue weighted by atomic mass is 19.1. The summed E-state index contributed by atoms with van der Waals surface area (Å²) in [5.74, 6) is -0.719. The van der Waals surface area contributed by atoms with E-state index in [9.17, 15) is 9.18 Å². The molecule has 2 rings (SSSR count). The number of amides is 1. The lowest BCUT2D eigenvalue weighted by molar-refractivity contribution is -0.121. The molecule has 5 heteroatoms. The van der Waals surface area contributed by atoms with Crippen molar-refractivity contribution >= 4 is 11.6 Å². The molecule has 1 fully saturated rings. The van der Waals surface area contributed by atoms with Crippen LogP contribution in [-0.2, 0) is 9.53 Å². The van der Waals surface area contributed by atoms with Crippen LogP contribution in [-0.4, -0.2) is 24.7 Å². The Morgan fingerprint density at radius 1 is 1.59 bits per heavy atom. The number of anilines is 1. The molecule has 4 nitrogen and oxygen atoms in total. The smallest absolute Gasteiger partial charge is 0.246 e. The molecule has 0 saturated carbocycles. The fourth-order valence-corrected chi connectivity index (χ4v) is 1.74. The SMILES string of the molecule is Cc1ccc(F)cc1NC(=O)C1(N)CCOC1. The second-order valence-electron chi connectivity index (χ2n) is 4.37. The molecule has 1 aromatic carbocycles. The van der Waals surface area contributed by atoms with Crippen LogP contribution in [0.2, 0.25) is 0 Å². The summed E-state index contributed by atoms with van der Waals surface area (Å²) in [5.41, 5.74) is 6.15. The molecule has 1 heterocycles. The first-order valence-corrected chi connectivity index (χ1v) is 5.45. The fourth-order valence-electron chi connectivity index (χ4n) is 1.74. The van der Waals surface area contributed by atoms with Gasteiger partial charge in [0, 0.05) is 12.3 Å². The van der Waals surface area contributed by atoms with Crippen molar-refractivity contribution in [1.82, 2.24) is 0 Å². The Balaban J connectivity index is 2.15. The molecule has 0 bridgehead atoms. The zero-order valence-corrected chi connectivity index (χ0v) is 9.63. The lowest BCUT2D eigenvalue weighted by Gasteiger charge is -2.21. The van der Waals surface area contributed by atoms with Gasteiger partial charge in [0.1, 0.15) is 11.4 Å². The molecule has 0 aromatic heterocycles. The molecule has 1 atom stereocenters. The molecule has 1 saturated heterocycles. The van der Waals surface area contributed by atoms with Crippen LogP contribution in [0.25, 0.3) is 0 Å². The highest BCUT2D eigenvalue weighted by Crippen LogP contribution is 2.21. The van der Waals surface area contributed by atoms with Gasteiger partial charge in [-0.1, -0.05) is 6.07 Å². The number of nitrogens with one attached hydrogen (secondary N) is 1. The average molecular weight is 238 g/mol. The maximum absolute atomic E-state index is 13.1. The zero-order chi connectivity index (χ0) is 12.5. The summed E-state index contributed by atoms with van der Waals surface area (Å²) in [7, 11) is 0. The summed E-state index contributed by atoms with van der Waals surface area (Å²) in [6.45, 7) is 2.47. The molecule has 0 spiro atoms. The molecule has 17 heavy (non-hydrogen) atoms. The van der Waals surface area contributed by atoms with Gasteiger partial charge in [0.2, 0.25) is 5.91 Å². The fraction of sp³-hybridized carbons (Fsp3) is 0.417. The molecular weight excluding hydrogens is 223 g/mol. The normalized spacial score (nSPS) is 23.7. The van der Waals surface area contributed by atoms with Crippen LogP contribution in [0.3, 0.4) is 0 Å². The van der Waals surface area contributed by atoms with Gasteiger partial charge < -0.3 is 15.8 Å². The quantitative estimate of drug-likeness (QED) is 0.813. The van der Waals surface area contributed by atoms with E-state index in [-0.39, 0.29) is 18.3 Å². The predicted molar refractivity (Wildman–Crippen MR) is 62.1 cm³/mol. The second-order valence-corrected chi connectivity index (χ2v) is 4.37. The topological polar surface area (TPSA) is 64.4 Å². The third-order valence-electron chi connectivity index (χ3n) is 2.95. The molecule has 0 radical (unpaired) electrons. The van der Waals surface area contributed by atoms with Gasteiger partial charge in [-0.2, -0.15) is 0 Å². The standard InChI is InChI=1S/C12H15FN2O2/c1-8-2-3-9(13)6-10(8)15-11(16)12(14)4-5-17-7-12/h2-3,6H,4-5,7,14H2,1H3,(H,15,16). The largest absolute Gasteiger partial charge is 0.379 e. The van der Waals surface area contributed by atoms with Crippen LogP contribution in [0.4, 0.5) is 10.1 Å². The minimum Gasteiger partial charge on any atom is -0.379 e. The number of aryl methyl sites for hydroxylation is 1. The minimum atomic E-state index is -1.00. The van der Waals surface area contributed by atoms with Gasteiger partial charge in [0.25, 0.3) is 0 Å². The molecule has 1 aliphatic rings. The van der Waals surface area contributed by atoms with Crippen LogP contribution in [0.1, 0.15) is 12.0 Å². The van der Waals surface area contributed by atoms with E-state index < -0.39 is 5.54 Å². The number of benzene rings is 1. The van der Waals surface area contributed by atoms with Gasteiger partial charge in [-0.25, -0.2) is 4.39 Å². The first kappa shape index (κ1) is 12.0. The van der Waals surface area contributed by atoms with E-state index >= 15 is 0 Å². The first-order valence-electron chi connectivity index (χ1n) is 5.45. The van der Waals surface area contributed by atoms with Crippen LogP contribution < -0.4 is 11.1 Å². The van der Waals surface area contributed by atoms with Crippen molar-refractivity contribution in [3.05, 3.63) is 29.6 Å². The minimum absolute atomic E-state index is 0.202. The Hall–Kier alpha value is -1.46. The van der Waals surface area contributed by atoms with Gasteiger partial charge in [0.05, 0.1) is 6.61 Å². The Kier molecular flexibility index (Phi) is 3.13. The highest BCUT2D eigenvalue weighted by Gasteiger charge is 2.38. The number of carbonyl (C=O) groups is 1. The number of carbonyl (C=O) groups excluding carboxylic acids is 1. The summed E-state index contributed by atoms with van der Waals surface area (Å²) < 4.78 is 18.2. The van der Waals surface area contributed by atoms with E-state index in [1.165, 1.54) is 12.1 Å². The van der Waals surface area contributed by atoms with Crippen LogP contribution in [0.15, 0.2) is 18.2 Å². The van der Waals surface area contributed by atoms with E-state index in [0.29, 0.717) is 18.7 Å². The Labute approximate surface area is 98.9 Å². The van der Waals surface area contributed by atoms with E-state index in [0.717, 1.165) is 5.56 Å². The number of halogens is 1. The lowest BCUT2D eigenvalue weighted by atomic mass is 9.99. The van der Waals surface area contributed by atoms with Crippen LogP contribution in [0.5, 0.6) is 0 Å². The average Bonchev–Trinajstić information content (AvgIpc) is 2.72. The van der Waals surface area contributed by atoms with Crippen molar-refractivity contribution in [2.45, 2.75) is 18.9 Å². The van der Waals surface area contributed by atoms with E-state index in [4.69, 9.17) is 10.5 Å². The molecule has 1 unspecified atom stereocenters. The zero-order valence-electron chi connectivity index (χ0n) is 9.63. The highest BCUT2D eigenvalue weighted by molar-refractivity contribution is 5.98. The number of nitrogens with two attached hydrogens (primary N) is 1. The van der Waals surface area contributed by atoms with E-state index in [1.54, 1.807) is 13.0 Å². The molecule has 92 valence electrons. The van der Waals surface area contributed by atoms with Crippen molar-refractivity contribution in [3.8, 4) is 0 Å². The summed E-state index contributed by atoms with van der Waals surface area (Å²) in [5, 5.41) is 2.65. The van der Waals surface area contributed by atoms with Gasteiger partial charge >= 0.3 is 0 Å². The molecule has 0 aliphatic carbocycles. The van der Waals surface area contributed by atoms with E-state index in [1.807, 2.05) is 0 Å². The predicted octanol–water partition coefficient (Wildman–Crippen LogP) is 1.19. The third kappa shape index (κ3) is 2.45. The number of ether oxygens (including phenoxy) is 1. The maximum atomic E-state index is 13.1. The summed E-state index contributed by atoms with van der Waals surface area (Å²) in [6, 6.07) is 4.24. The lowest BCUT2D eigenvalue weighted by Crippen LogP contribution is -2.51. The summed E-state index contributed by atoms with van der Waals surface area (Å²) in [4.78, 5) is 12.0.